The third kappa shape index (κ3) is 3.05. The van der Waals surface area contributed by atoms with E-state index in [9.17, 15) is 9.18 Å². The molecule has 0 aromatic heterocycles. The van der Waals surface area contributed by atoms with Crippen LogP contribution in [0.2, 0.25) is 0 Å². The maximum absolute atomic E-state index is 13.2. The van der Waals surface area contributed by atoms with Gasteiger partial charge in [-0.1, -0.05) is 38.1 Å². The van der Waals surface area contributed by atoms with E-state index in [1.807, 2.05) is 32.0 Å². The Labute approximate surface area is 118 Å². The second-order valence-corrected chi connectivity index (χ2v) is 4.62. The van der Waals surface area contributed by atoms with Crippen molar-refractivity contribution in [1.82, 2.24) is 0 Å². The Morgan fingerprint density at radius 3 is 2.20 bits per heavy atom. The number of halogens is 1. The largest absolute Gasteiger partial charge is 0.321 e. The Morgan fingerprint density at radius 1 is 1.05 bits per heavy atom. The van der Waals surface area contributed by atoms with Gasteiger partial charge in [-0.2, -0.15) is 0 Å². The summed E-state index contributed by atoms with van der Waals surface area (Å²) in [6.45, 7) is 4.10. The summed E-state index contributed by atoms with van der Waals surface area (Å²) in [6, 6.07) is 11.7. The van der Waals surface area contributed by atoms with Gasteiger partial charge in [-0.15, -0.1) is 0 Å². The van der Waals surface area contributed by atoms with Gasteiger partial charge >= 0.3 is 0 Å². The van der Waals surface area contributed by atoms with Crippen molar-refractivity contribution in [3.05, 3.63) is 65.0 Å². The smallest absolute Gasteiger partial charge is 0.255 e. The molecule has 2 nitrogen and oxygen atoms in total. The summed E-state index contributed by atoms with van der Waals surface area (Å²) >= 11 is 0. The molecule has 0 aliphatic heterocycles. The lowest BCUT2D eigenvalue weighted by atomic mass is 10.0. The molecule has 0 aliphatic carbocycles. The van der Waals surface area contributed by atoms with Crippen LogP contribution in [0.25, 0.3) is 0 Å². The van der Waals surface area contributed by atoms with Gasteiger partial charge in [0.1, 0.15) is 5.82 Å². The van der Waals surface area contributed by atoms with Crippen molar-refractivity contribution in [3.63, 3.8) is 0 Å². The second kappa shape index (κ2) is 6.33. The fourth-order valence-corrected chi connectivity index (χ4v) is 2.22. The summed E-state index contributed by atoms with van der Waals surface area (Å²) in [6.07, 6.45) is 1.68. The van der Waals surface area contributed by atoms with E-state index in [1.54, 1.807) is 6.07 Å². The number of amides is 1. The molecule has 2 rings (SSSR count). The van der Waals surface area contributed by atoms with Crippen molar-refractivity contribution in [2.75, 3.05) is 5.32 Å². The van der Waals surface area contributed by atoms with Crippen LogP contribution in [0.1, 0.15) is 35.3 Å². The van der Waals surface area contributed by atoms with Crippen LogP contribution in [-0.2, 0) is 12.8 Å². The maximum atomic E-state index is 13.2. The third-order valence-electron chi connectivity index (χ3n) is 3.32. The quantitative estimate of drug-likeness (QED) is 0.887. The minimum Gasteiger partial charge on any atom is -0.321 e. The molecule has 0 unspecified atom stereocenters. The number of rotatable bonds is 4. The number of para-hydroxylation sites is 1. The zero-order chi connectivity index (χ0) is 14.5. The zero-order valence-corrected chi connectivity index (χ0v) is 11.7. The first kappa shape index (κ1) is 14.3. The molecule has 20 heavy (non-hydrogen) atoms. The van der Waals surface area contributed by atoms with Gasteiger partial charge in [-0.05, 0) is 42.2 Å². The average molecular weight is 271 g/mol. The van der Waals surface area contributed by atoms with E-state index >= 15 is 0 Å². The van der Waals surface area contributed by atoms with Gasteiger partial charge in [-0.25, -0.2) is 4.39 Å². The highest BCUT2D eigenvalue weighted by Gasteiger charge is 2.12. The number of benzene rings is 2. The standard InChI is InChI=1S/C17H18FNO/c1-3-12-7-5-8-13(4-2)16(12)19-17(20)14-9-6-10-15(18)11-14/h5-11H,3-4H2,1-2H3,(H,19,20). The summed E-state index contributed by atoms with van der Waals surface area (Å²) in [4.78, 5) is 12.2. The van der Waals surface area contributed by atoms with Crippen molar-refractivity contribution in [3.8, 4) is 0 Å². The van der Waals surface area contributed by atoms with Crippen molar-refractivity contribution in [2.45, 2.75) is 26.7 Å². The van der Waals surface area contributed by atoms with E-state index in [4.69, 9.17) is 0 Å². The first-order valence-corrected chi connectivity index (χ1v) is 6.83. The van der Waals surface area contributed by atoms with Crippen LogP contribution in [-0.4, -0.2) is 5.91 Å². The lowest BCUT2D eigenvalue weighted by Crippen LogP contribution is -2.15. The van der Waals surface area contributed by atoms with Gasteiger partial charge in [0.15, 0.2) is 0 Å². The second-order valence-electron chi connectivity index (χ2n) is 4.62. The number of carbonyl (C=O) groups excluding carboxylic acids is 1. The highest BCUT2D eigenvalue weighted by Crippen LogP contribution is 2.23. The van der Waals surface area contributed by atoms with Gasteiger partial charge in [-0.3, -0.25) is 4.79 Å². The fraction of sp³-hybridized carbons (Fsp3) is 0.235. The lowest BCUT2D eigenvalue weighted by molar-refractivity contribution is 0.102. The number of hydrogen-bond donors (Lipinski definition) is 1. The van der Waals surface area contributed by atoms with Crippen LogP contribution < -0.4 is 5.32 Å². The number of carbonyl (C=O) groups is 1. The molecular formula is C17H18FNO. The Kier molecular flexibility index (Phi) is 4.51. The van der Waals surface area contributed by atoms with Crippen LogP contribution in [0, 0.1) is 5.82 Å². The van der Waals surface area contributed by atoms with E-state index in [-0.39, 0.29) is 5.91 Å². The third-order valence-corrected chi connectivity index (χ3v) is 3.32. The molecule has 1 N–H and O–H groups in total. The van der Waals surface area contributed by atoms with Crippen LogP contribution >= 0.6 is 0 Å². The summed E-state index contributed by atoms with van der Waals surface area (Å²) in [5.41, 5.74) is 3.37. The Balaban J connectivity index is 2.32. The highest BCUT2D eigenvalue weighted by molar-refractivity contribution is 6.05. The molecule has 0 saturated carbocycles. The van der Waals surface area contributed by atoms with E-state index in [2.05, 4.69) is 5.32 Å². The minimum atomic E-state index is -0.405. The van der Waals surface area contributed by atoms with Gasteiger partial charge in [0.25, 0.3) is 5.91 Å². The summed E-state index contributed by atoms with van der Waals surface area (Å²) < 4.78 is 13.2. The molecule has 0 aliphatic rings. The fourth-order valence-electron chi connectivity index (χ4n) is 2.22. The van der Waals surface area contributed by atoms with Crippen molar-refractivity contribution >= 4 is 11.6 Å². The molecule has 0 saturated heterocycles. The van der Waals surface area contributed by atoms with Gasteiger partial charge < -0.3 is 5.32 Å². The van der Waals surface area contributed by atoms with E-state index in [0.29, 0.717) is 5.56 Å². The average Bonchev–Trinajstić information content (AvgIpc) is 2.47. The van der Waals surface area contributed by atoms with Crippen molar-refractivity contribution in [2.24, 2.45) is 0 Å². The number of hydrogen-bond acceptors (Lipinski definition) is 1. The number of aryl methyl sites for hydroxylation is 2. The molecule has 1 amide bonds. The predicted molar refractivity (Wildman–Crippen MR) is 79.6 cm³/mol. The molecule has 2 aromatic carbocycles. The van der Waals surface area contributed by atoms with E-state index in [0.717, 1.165) is 29.7 Å². The molecule has 2 aromatic rings. The number of nitrogens with one attached hydrogen (secondary N) is 1. The molecule has 104 valence electrons. The lowest BCUT2D eigenvalue weighted by Gasteiger charge is -2.14. The first-order chi connectivity index (χ1) is 9.65. The van der Waals surface area contributed by atoms with Crippen LogP contribution in [0.5, 0.6) is 0 Å². The molecular weight excluding hydrogens is 253 g/mol. The maximum Gasteiger partial charge on any atom is 0.255 e. The Bertz CT molecular complexity index is 600. The zero-order valence-electron chi connectivity index (χ0n) is 11.7. The van der Waals surface area contributed by atoms with Gasteiger partial charge in [0, 0.05) is 11.3 Å². The summed E-state index contributed by atoms with van der Waals surface area (Å²) in [5, 5.41) is 2.92. The molecule has 3 heteroatoms. The molecule has 0 bridgehead atoms. The van der Waals surface area contributed by atoms with E-state index in [1.165, 1.54) is 18.2 Å². The molecule has 0 heterocycles. The molecule has 0 fully saturated rings. The summed E-state index contributed by atoms with van der Waals surface area (Å²) in [7, 11) is 0. The normalized spacial score (nSPS) is 10.3. The first-order valence-electron chi connectivity index (χ1n) is 6.83. The highest BCUT2D eigenvalue weighted by atomic mass is 19.1. The monoisotopic (exact) mass is 271 g/mol. The van der Waals surface area contributed by atoms with E-state index < -0.39 is 5.82 Å². The van der Waals surface area contributed by atoms with Crippen LogP contribution in [0.3, 0.4) is 0 Å². The summed E-state index contributed by atoms with van der Waals surface area (Å²) in [5.74, 6) is -0.683. The van der Waals surface area contributed by atoms with Crippen molar-refractivity contribution < 1.29 is 9.18 Å². The topological polar surface area (TPSA) is 29.1 Å². The Hall–Kier alpha value is -2.16. The predicted octanol–water partition coefficient (Wildman–Crippen LogP) is 4.20. The SMILES string of the molecule is CCc1cccc(CC)c1NC(=O)c1cccc(F)c1. The minimum absolute atomic E-state index is 0.278. The van der Waals surface area contributed by atoms with Crippen molar-refractivity contribution in [1.29, 1.82) is 0 Å². The van der Waals surface area contributed by atoms with Crippen LogP contribution in [0.15, 0.2) is 42.5 Å². The van der Waals surface area contributed by atoms with Gasteiger partial charge in [0.05, 0.1) is 0 Å². The molecule has 0 spiro atoms. The number of anilines is 1. The van der Waals surface area contributed by atoms with Crippen LogP contribution in [0.4, 0.5) is 10.1 Å². The molecule has 0 radical (unpaired) electrons. The van der Waals surface area contributed by atoms with Gasteiger partial charge in [0.2, 0.25) is 0 Å². The Morgan fingerprint density at radius 2 is 1.65 bits per heavy atom. The molecule has 0 atom stereocenters.